The number of carbonyl (C=O) groups excluding carboxylic acids is 1. The summed E-state index contributed by atoms with van der Waals surface area (Å²) in [5, 5.41) is 7.89. The smallest absolute Gasteiger partial charge is 0.278 e. The number of halogens is 1. The topological polar surface area (TPSA) is 91.3 Å². The molecule has 1 aliphatic carbocycles. The van der Waals surface area contributed by atoms with E-state index in [4.69, 9.17) is 5.10 Å². The molecular formula is C29H37FN6O2S. The van der Waals surface area contributed by atoms with Crippen LogP contribution in [0.1, 0.15) is 57.7 Å². The van der Waals surface area contributed by atoms with Crippen LogP contribution in [-0.2, 0) is 4.79 Å². The summed E-state index contributed by atoms with van der Waals surface area (Å²) < 4.78 is 22.5. The third-order valence-corrected chi connectivity index (χ3v) is 6.60. The standard InChI is InChI=1S/C27H31FN6O2S.C2H6/c1-16(2)24(30-22-13-6-17(3)14-21(22)28)23-26(33(5)15-35)25(31-34(27(23)36)20-11-12-20)18-7-9-19(10-8-18)32-37-29-4;1-2/h6-10,13-15,20,29-30,32H,11-12H2,1-5H3;1-2H3. The van der Waals surface area contributed by atoms with Gasteiger partial charge in [0.1, 0.15) is 11.5 Å². The van der Waals surface area contributed by atoms with Crippen molar-refractivity contribution < 1.29 is 9.18 Å². The van der Waals surface area contributed by atoms with Crippen LogP contribution in [0.5, 0.6) is 0 Å². The highest BCUT2D eigenvalue weighted by molar-refractivity contribution is 7.98. The lowest BCUT2D eigenvalue weighted by molar-refractivity contribution is -0.107. The maximum Gasteiger partial charge on any atom is 0.278 e. The molecule has 1 heterocycles. The van der Waals surface area contributed by atoms with Crippen molar-refractivity contribution in [1.29, 1.82) is 0 Å². The van der Waals surface area contributed by atoms with E-state index in [9.17, 15) is 14.0 Å². The molecule has 0 unspecified atom stereocenters. The summed E-state index contributed by atoms with van der Waals surface area (Å²) in [5.41, 5.74) is 4.67. The van der Waals surface area contributed by atoms with Gasteiger partial charge in [-0.05, 0) is 70.5 Å². The predicted octanol–water partition coefficient (Wildman–Crippen LogP) is 6.37. The fourth-order valence-electron chi connectivity index (χ4n) is 4.02. The molecule has 0 radical (unpaired) electrons. The number of hydrogen-bond acceptors (Lipinski definition) is 7. The molecule has 2 aromatic carbocycles. The Morgan fingerprint density at radius 3 is 2.36 bits per heavy atom. The lowest BCUT2D eigenvalue weighted by Crippen LogP contribution is -2.32. The van der Waals surface area contributed by atoms with E-state index in [1.54, 1.807) is 19.2 Å². The molecule has 4 rings (SSSR count). The maximum absolute atomic E-state index is 14.8. The molecule has 39 heavy (non-hydrogen) atoms. The Hall–Kier alpha value is -3.63. The van der Waals surface area contributed by atoms with Crippen LogP contribution in [0.4, 0.5) is 21.5 Å². The van der Waals surface area contributed by atoms with E-state index in [-0.39, 0.29) is 22.9 Å². The predicted molar refractivity (Wildman–Crippen MR) is 161 cm³/mol. The van der Waals surface area contributed by atoms with Gasteiger partial charge in [0.25, 0.3) is 5.56 Å². The summed E-state index contributed by atoms with van der Waals surface area (Å²) in [5.74, 6) is -0.427. The Labute approximate surface area is 234 Å². The van der Waals surface area contributed by atoms with Gasteiger partial charge in [0.15, 0.2) is 0 Å². The first kappa shape index (κ1) is 29.9. The van der Waals surface area contributed by atoms with Crippen molar-refractivity contribution in [3.05, 3.63) is 75.3 Å². The fourth-order valence-corrected chi connectivity index (χ4v) is 4.37. The molecule has 1 saturated carbocycles. The number of carbonyl (C=O) groups is 1. The van der Waals surface area contributed by atoms with E-state index in [0.29, 0.717) is 23.5 Å². The van der Waals surface area contributed by atoms with Crippen molar-refractivity contribution in [3.63, 3.8) is 0 Å². The van der Waals surface area contributed by atoms with Gasteiger partial charge >= 0.3 is 0 Å². The second-order valence-corrected chi connectivity index (χ2v) is 10.1. The highest BCUT2D eigenvalue weighted by Crippen LogP contribution is 2.39. The highest BCUT2D eigenvalue weighted by atomic mass is 32.2. The van der Waals surface area contributed by atoms with Crippen LogP contribution in [-0.4, -0.2) is 30.3 Å². The van der Waals surface area contributed by atoms with Gasteiger partial charge in [0.2, 0.25) is 6.41 Å². The minimum Gasteiger partial charge on any atom is -0.352 e. The highest BCUT2D eigenvalue weighted by Gasteiger charge is 2.32. The molecule has 8 nitrogen and oxygen atoms in total. The largest absolute Gasteiger partial charge is 0.352 e. The molecule has 208 valence electrons. The van der Waals surface area contributed by atoms with Crippen LogP contribution in [0.15, 0.2) is 52.8 Å². The Balaban J connectivity index is 0.00000205. The zero-order valence-corrected chi connectivity index (χ0v) is 24.4. The van der Waals surface area contributed by atoms with E-state index in [0.717, 1.165) is 35.2 Å². The van der Waals surface area contributed by atoms with Crippen molar-refractivity contribution in [3.8, 4) is 11.3 Å². The summed E-state index contributed by atoms with van der Waals surface area (Å²) in [7, 11) is 3.41. The van der Waals surface area contributed by atoms with E-state index in [1.165, 1.54) is 27.8 Å². The average Bonchev–Trinajstić information content (AvgIpc) is 3.78. The van der Waals surface area contributed by atoms with Gasteiger partial charge in [-0.3, -0.25) is 9.59 Å². The second kappa shape index (κ2) is 13.4. The van der Waals surface area contributed by atoms with Crippen LogP contribution < -0.4 is 25.2 Å². The Bertz CT molecular complexity index is 1400. The molecule has 0 spiro atoms. The molecule has 0 bridgehead atoms. The van der Waals surface area contributed by atoms with Gasteiger partial charge in [-0.2, -0.15) is 5.10 Å². The summed E-state index contributed by atoms with van der Waals surface area (Å²) in [6.07, 6.45) is 2.35. The zero-order chi connectivity index (χ0) is 28.7. The van der Waals surface area contributed by atoms with E-state index >= 15 is 0 Å². The number of nitrogens with zero attached hydrogens (tertiary/aromatic N) is 3. The van der Waals surface area contributed by atoms with Crippen molar-refractivity contribution in [1.82, 2.24) is 14.5 Å². The summed E-state index contributed by atoms with van der Waals surface area (Å²) in [6, 6.07) is 12.5. The zero-order valence-electron chi connectivity index (χ0n) is 23.6. The first-order valence-corrected chi connectivity index (χ1v) is 13.8. The summed E-state index contributed by atoms with van der Waals surface area (Å²) >= 11 is 1.34. The molecule has 0 aliphatic heterocycles. The number of rotatable bonds is 10. The lowest BCUT2D eigenvalue weighted by Gasteiger charge is -2.24. The van der Waals surface area contributed by atoms with Gasteiger partial charge < -0.3 is 14.9 Å². The van der Waals surface area contributed by atoms with Crippen molar-refractivity contribution >= 4 is 41.3 Å². The lowest BCUT2D eigenvalue weighted by atomic mass is 10.0. The Kier molecular flexibility index (Phi) is 10.3. The molecule has 0 atom stereocenters. The monoisotopic (exact) mass is 552 g/mol. The van der Waals surface area contributed by atoms with Crippen molar-refractivity contribution in [2.45, 2.75) is 53.5 Å². The number of hydrogen-bond donors (Lipinski definition) is 3. The fraction of sp³-hybridized carbons (Fsp3) is 0.345. The van der Waals surface area contributed by atoms with Gasteiger partial charge in [-0.25, -0.2) is 13.8 Å². The SMILES string of the molecule is CC.CNSNc1ccc(-c2nn(C3CC3)c(=O)c(C(Nc3ccc(C)cc3F)=C(C)C)c2N(C)C=O)cc1. The number of anilines is 3. The van der Waals surface area contributed by atoms with Crippen molar-refractivity contribution in [2.24, 2.45) is 0 Å². The number of amides is 1. The molecule has 3 aromatic rings. The van der Waals surface area contributed by atoms with E-state index < -0.39 is 5.82 Å². The van der Waals surface area contributed by atoms with Crippen LogP contribution in [0, 0.1) is 12.7 Å². The number of allylic oxidation sites excluding steroid dienone is 1. The number of benzene rings is 2. The third kappa shape index (κ3) is 6.88. The molecular weight excluding hydrogens is 515 g/mol. The molecule has 1 aliphatic rings. The second-order valence-electron chi connectivity index (χ2n) is 9.24. The molecule has 1 aromatic heterocycles. The van der Waals surface area contributed by atoms with Crippen molar-refractivity contribution in [2.75, 3.05) is 29.0 Å². The number of aryl methyl sites for hydroxylation is 1. The Morgan fingerprint density at radius 2 is 1.82 bits per heavy atom. The van der Waals surface area contributed by atoms with Crippen LogP contribution in [0.3, 0.4) is 0 Å². The minimum atomic E-state index is -0.427. The average molecular weight is 553 g/mol. The van der Waals surface area contributed by atoms with Crippen LogP contribution in [0.25, 0.3) is 17.0 Å². The van der Waals surface area contributed by atoms with Gasteiger partial charge in [0.05, 0.1) is 28.7 Å². The number of nitrogens with one attached hydrogen (secondary N) is 3. The first-order chi connectivity index (χ1) is 18.7. The summed E-state index contributed by atoms with van der Waals surface area (Å²) in [6.45, 7) is 9.51. The Morgan fingerprint density at radius 1 is 1.15 bits per heavy atom. The number of aromatic nitrogens is 2. The molecule has 10 heteroatoms. The van der Waals surface area contributed by atoms with Gasteiger partial charge in [0, 0.05) is 30.4 Å². The van der Waals surface area contributed by atoms with E-state index in [2.05, 4.69) is 14.8 Å². The van der Waals surface area contributed by atoms with Gasteiger partial charge in [-0.1, -0.05) is 37.6 Å². The molecule has 1 amide bonds. The van der Waals surface area contributed by atoms with Crippen LogP contribution in [0.2, 0.25) is 0 Å². The minimum absolute atomic E-state index is 0.0110. The molecule has 0 saturated heterocycles. The quantitative estimate of drug-likeness (QED) is 0.199. The molecule has 1 fully saturated rings. The first-order valence-electron chi connectivity index (χ1n) is 13.0. The summed E-state index contributed by atoms with van der Waals surface area (Å²) in [4.78, 5) is 27.3. The van der Waals surface area contributed by atoms with Crippen LogP contribution >= 0.6 is 12.1 Å². The molecule has 3 N–H and O–H groups in total. The third-order valence-electron chi connectivity index (χ3n) is 6.06. The normalized spacial score (nSPS) is 12.2. The maximum atomic E-state index is 14.8. The van der Waals surface area contributed by atoms with Gasteiger partial charge in [-0.15, -0.1) is 0 Å². The van der Waals surface area contributed by atoms with E-state index in [1.807, 2.05) is 65.9 Å².